The molecule has 0 bridgehead atoms. The smallest absolute Gasteiger partial charge is 0.280 e. The van der Waals surface area contributed by atoms with Crippen LogP contribution in [0.5, 0.6) is 5.75 Å². The molecule has 19 heavy (non-hydrogen) atoms. The van der Waals surface area contributed by atoms with Gasteiger partial charge in [0.05, 0.1) is 16.9 Å². The van der Waals surface area contributed by atoms with Gasteiger partial charge in [-0.05, 0) is 12.1 Å². The number of phenolic OH excluding ortho intramolecular Hbond substituents is 1. The maximum atomic E-state index is 12.1. The number of benzene rings is 1. The van der Waals surface area contributed by atoms with E-state index in [1.807, 2.05) is 0 Å². The molecule has 2 N–H and O–H groups in total. The van der Waals surface area contributed by atoms with E-state index in [0.29, 0.717) is 5.02 Å². The molecule has 0 unspecified atom stereocenters. The van der Waals surface area contributed by atoms with E-state index in [1.54, 1.807) is 0 Å². The molecule has 1 heterocycles. The van der Waals surface area contributed by atoms with Crippen molar-refractivity contribution in [3.05, 3.63) is 34.4 Å². The van der Waals surface area contributed by atoms with Gasteiger partial charge in [-0.25, -0.2) is 0 Å². The van der Waals surface area contributed by atoms with Crippen LogP contribution in [0.25, 0.3) is 0 Å². The quantitative estimate of drug-likeness (QED) is 0.849. The summed E-state index contributed by atoms with van der Waals surface area (Å²) in [5, 5.41) is 13.5. The van der Waals surface area contributed by atoms with Gasteiger partial charge in [-0.3, -0.25) is 9.40 Å². The average Bonchev–Trinajstić information content (AvgIpc) is 2.63. The second-order valence-corrected chi connectivity index (χ2v) is 6.13. The first-order valence-corrected chi connectivity index (χ1v) is 7.24. The van der Waals surface area contributed by atoms with Crippen molar-refractivity contribution < 1.29 is 13.5 Å². The highest BCUT2D eigenvalue weighted by Crippen LogP contribution is 2.30. The number of nitrogens with one attached hydrogen (secondary N) is 1. The lowest BCUT2D eigenvalue weighted by atomic mass is 10.3. The SMILES string of the molecule is Cn1ncc(Cl)c1S(=O)(=O)Nc1ccc(Cl)cc1O. The Kier molecular flexibility index (Phi) is 3.62. The van der Waals surface area contributed by atoms with Gasteiger partial charge in [0.1, 0.15) is 5.75 Å². The highest BCUT2D eigenvalue weighted by atomic mass is 35.5. The summed E-state index contributed by atoms with van der Waals surface area (Å²) in [6, 6.07) is 4.02. The first kappa shape index (κ1) is 14.0. The molecule has 1 aromatic carbocycles. The van der Waals surface area contributed by atoms with Crippen LogP contribution < -0.4 is 4.72 Å². The molecule has 0 spiro atoms. The van der Waals surface area contributed by atoms with Crippen molar-refractivity contribution in [2.75, 3.05) is 4.72 Å². The number of aryl methyl sites for hydroxylation is 1. The number of sulfonamides is 1. The second-order valence-electron chi connectivity index (χ2n) is 3.69. The first-order chi connectivity index (χ1) is 8.81. The van der Waals surface area contributed by atoms with E-state index in [-0.39, 0.29) is 21.5 Å². The van der Waals surface area contributed by atoms with E-state index in [4.69, 9.17) is 23.2 Å². The van der Waals surface area contributed by atoms with E-state index < -0.39 is 10.0 Å². The van der Waals surface area contributed by atoms with Crippen LogP contribution in [0.4, 0.5) is 5.69 Å². The third kappa shape index (κ3) is 2.78. The molecule has 102 valence electrons. The van der Waals surface area contributed by atoms with Crippen molar-refractivity contribution in [2.24, 2.45) is 7.05 Å². The summed E-state index contributed by atoms with van der Waals surface area (Å²) in [5.74, 6) is -0.283. The Balaban J connectivity index is 2.42. The van der Waals surface area contributed by atoms with Gasteiger partial charge in [0.25, 0.3) is 10.0 Å². The largest absolute Gasteiger partial charge is 0.506 e. The van der Waals surface area contributed by atoms with Gasteiger partial charge in [0.2, 0.25) is 0 Å². The topological polar surface area (TPSA) is 84.2 Å². The lowest BCUT2D eigenvalue weighted by Crippen LogP contribution is -2.17. The van der Waals surface area contributed by atoms with Gasteiger partial charge in [0.15, 0.2) is 5.03 Å². The fourth-order valence-corrected chi connectivity index (χ4v) is 3.39. The summed E-state index contributed by atoms with van der Waals surface area (Å²) in [6.45, 7) is 0. The Hall–Kier alpha value is -1.44. The van der Waals surface area contributed by atoms with E-state index in [1.165, 1.54) is 31.4 Å². The Labute approximate surface area is 119 Å². The van der Waals surface area contributed by atoms with Gasteiger partial charge in [-0.2, -0.15) is 13.5 Å². The fourth-order valence-electron chi connectivity index (χ4n) is 1.49. The van der Waals surface area contributed by atoms with E-state index in [2.05, 4.69) is 9.82 Å². The van der Waals surface area contributed by atoms with Crippen LogP contribution >= 0.6 is 23.2 Å². The Morgan fingerprint density at radius 3 is 2.58 bits per heavy atom. The molecule has 0 aliphatic carbocycles. The molecule has 0 amide bonds. The van der Waals surface area contributed by atoms with Crippen LogP contribution in [-0.4, -0.2) is 23.3 Å². The Bertz CT molecular complexity index is 708. The van der Waals surface area contributed by atoms with Crippen LogP contribution in [0.3, 0.4) is 0 Å². The molecular formula is C10H9Cl2N3O3S. The molecule has 6 nitrogen and oxygen atoms in total. The lowest BCUT2D eigenvalue weighted by Gasteiger charge is -2.10. The van der Waals surface area contributed by atoms with Crippen LogP contribution in [0.15, 0.2) is 29.4 Å². The highest BCUT2D eigenvalue weighted by Gasteiger charge is 2.23. The van der Waals surface area contributed by atoms with Gasteiger partial charge in [-0.1, -0.05) is 23.2 Å². The number of aromatic hydroxyl groups is 1. The van der Waals surface area contributed by atoms with Crippen molar-refractivity contribution in [3.8, 4) is 5.75 Å². The van der Waals surface area contributed by atoms with E-state index >= 15 is 0 Å². The van der Waals surface area contributed by atoms with E-state index in [0.717, 1.165) is 4.68 Å². The minimum Gasteiger partial charge on any atom is -0.506 e. The van der Waals surface area contributed by atoms with Gasteiger partial charge >= 0.3 is 0 Å². The number of nitrogens with zero attached hydrogens (tertiary/aromatic N) is 2. The molecule has 0 aliphatic rings. The summed E-state index contributed by atoms with van der Waals surface area (Å²) >= 11 is 11.4. The molecule has 2 rings (SSSR count). The maximum absolute atomic E-state index is 12.1. The molecular weight excluding hydrogens is 313 g/mol. The molecule has 9 heteroatoms. The molecule has 1 aromatic heterocycles. The normalized spacial score (nSPS) is 11.5. The molecule has 0 saturated heterocycles. The lowest BCUT2D eigenvalue weighted by molar-refractivity contribution is 0.477. The van der Waals surface area contributed by atoms with Gasteiger partial charge in [-0.15, -0.1) is 0 Å². The standard InChI is InChI=1S/C10H9Cl2N3O3S/c1-15-10(7(12)5-13-15)19(17,18)14-8-3-2-6(11)4-9(8)16/h2-5,14,16H,1H3. The zero-order valence-electron chi connectivity index (χ0n) is 9.63. The highest BCUT2D eigenvalue weighted by molar-refractivity contribution is 7.92. The number of hydrogen-bond donors (Lipinski definition) is 2. The second kappa shape index (κ2) is 4.92. The third-order valence-corrected chi connectivity index (χ3v) is 4.41. The maximum Gasteiger partial charge on any atom is 0.280 e. The van der Waals surface area contributed by atoms with Gasteiger partial charge in [0, 0.05) is 18.1 Å². The van der Waals surface area contributed by atoms with Crippen molar-refractivity contribution in [2.45, 2.75) is 5.03 Å². The fraction of sp³-hybridized carbons (Fsp3) is 0.100. The van der Waals surface area contributed by atoms with Crippen molar-refractivity contribution in [1.82, 2.24) is 9.78 Å². The van der Waals surface area contributed by atoms with Crippen molar-refractivity contribution >= 4 is 38.9 Å². The molecule has 2 aromatic rings. The number of halogens is 2. The number of aromatic nitrogens is 2. The molecule has 0 aliphatic heterocycles. The molecule has 0 radical (unpaired) electrons. The number of hydrogen-bond acceptors (Lipinski definition) is 4. The summed E-state index contributed by atoms with van der Waals surface area (Å²) < 4.78 is 27.6. The third-order valence-electron chi connectivity index (χ3n) is 2.30. The number of phenols is 1. The van der Waals surface area contributed by atoms with Crippen molar-refractivity contribution in [3.63, 3.8) is 0 Å². The Morgan fingerprint density at radius 1 is 1.37 bits per heavy atom. The zero-order valence-corrected chi connectivity index (χ0v) is 12.0. The summed E-state index contributed by atoms with van der Waals surface area (Å²) in [4.78, 5) is 0. The number of anilines is 1. The monoisotopic (exact) mass is 321 g/mol. The van der Waals surface area contributed by atoms with Crippen LogP contribution in [-0.2, 0) is 17.1 Å². The predicted octanol–water partition coefficient (Wildman–Crippen LogP) is 2.23. The predicted molar refractivity (Wildman–Crippen MR) is 72.1 cm³/mol. The van der Waals surface area contributed by atoms with Crippen molar-refractivity contribution in [1.29, 1.82) is 0 Å². The molecule has 0 saturated carbocycles. The average molecular weight is 322 g/mol. The zero-order chi connectivity index (χ0) is 14.2. The summed E-state index contributed by atoms with van der Waals surface area (Å²) in [6.07, 6.45) is 1.22. The van der Waals surface area contributed by atoms with Crippen LogP contribution in [0, 0.1) is 0 Å². The summed E-state index contributed by atoms with van der Waals surface area (Å²) in [5.41, 5.74) is 0.00154. The minimum atomic E-state index is -3.95. The molecule has 0 atom stereocenters. The van der Waals surface area contributed by atoms with Crippen LogP contribution in [0.2, 0.25) is 10.0 Å². The van der Waals surface area contributed by atoms with E-state index in [9.17, 15) is 13.5 Å². The van der Waals surface area contributed by atoms with Crippen LogP contribution in [0.1, 0.15) is 0 Å². The Morgan fingerprint density at radius 2 is 2.05 bits per heavy atom. The number of rotatable bonds is 3. The van der Waals surface area contributed by atoms with Gasteiger partial charge < -0.3 is 5.11 Å². The molecule has 0 fully saturated rings. The first-order valence-electron chi connectivity index (χ1n) is 5.00. The minimum absolute atomic E-state index is 0.00154. The summed E-state index contributed by atoms with van der Waals surface area (Å²) in [7, 11) is -2.50.